The summed E-state index contributed by atoms with van der Waals surface area (Å²) in [4.78, 5) is 0. The molecule has 2 rings (SSSR count). The van der Waals surface area contributed by atoms with E-state index in [1.54, 1.807) is 6.07 Å². The SMILES string of the molecule is COc1cc(OC)cc([C@H](O)c2ccc(OC(F)F)c(OC(F)F)c2)c1. The van der Waals surface area contributed by atoms with Crippen molar-refractivity contribution in [2.75, 3.05) is 14.2 Å². The zero-order valence-electron chi connectivity index (χ0n) is 13.8. The third-order valence-electron chi connectivity index (χ3n) is 3.41. The molecule has 5 nitrogen and oxygen atoms in total. The summed E-state index contributed by atoms with van der Waals surface area (Å²) < 4.78 is 68.4. The summed E-state index contributed by atoms with van der Waals surface area (Å²) in [5.74, 6) is -0.383. The smallest absolute Gasteiger partial charge is 0.387 e. The number of aliphatic hydroxyl groups is 1. The third kappa shape index (κ3) is 4.92. The molecule has 0 unspecified atom stereocenters. The Labute approximate surface area is 146 Å². The van der Waals surface area contributed by atoms with E-state index in [0.717, 1.165) is 12.1 Å². The standard InChI is InChI=1S/C17H16F4O5/c1-23-11-5-10(6-12(8-11)24-2)15(22)9-3-4-13(25-16(18)19)14(7-9)26-17(20)21/h3-8,15-17,22H,1-2H3/t15-/m1/s1. The molecule has 142 valence electrons. The maximum atomic E-state index is 12.5. The van der Waals surface area contributed by atoms with Crippen LogP contribution in [0.15, 0.2) is 36.4 Å². The lowest BCUT2D eigenvalue weighted by molar-refractivity contribution is -0.0693. The lowest BCUT2D eigenvalue weighted by atomic mass is 10.0. The van der Waals surface area contributed by atoms with Crippen LogP contribution in [-0.4, -0.2) is 32.5 Å². The zero-order chi connectivity index (χ0) is 19.3. The second-order valence-corrected chi connectivity index (χ2v) is 5.01. The quantitative estimate of drug-likeness (QED) is 0.706. The van der Waals surface area contributed by atoms with Gasteiger partial charge in [-0.3, -0.25) is 0 Å². The Hall–Kier alpha value is -2.68. The molecule has 0 aromatic heterocycles. The minimum atomic E-state index is -3.25. The van der Waals surface area contributed by atoms with Gasteiger partial charge in [-0.25, -0.2) is 0 Å². The Kier molecular flexibility index (Phi) is 6.51. The molecule has 0 saturated heterocycles. The van der Waals surface area contributed by atoms with Gasteiger partial charge in [-0.15, -0.1) is 0 Å². The van der Waals surface area contributed by atoms with Gasteiger partial charge >= 0.3 is 13.2 Å². The molecule has 0 bridgehead atoms. The predicted molar refractivity (Wildman–Crippen MR) is 83.3 cm³/mol. The van der Waals surface area contributed by atoms with Crippen LogP contribution in [0, 0.1) is 0 Å². The van der Waals surface area contributed by atoms with Crippen molar-refractivity contribution in [2.45, 2.75) is 19.3 Å². The van der Waals surface area contributed by atoms with Crippen molar-refractivity contribution < 1.29 is 41.6 Å². The van der Waals surface area contributed by atoms with Gasteiger partial charge < -0.3 is 24.1 Å². The number of rotatable bonds is 8. The van der Waals surface area contributed by atoms with Gasteiger partial charge in [0.05, 0.1) is 14.2 Å². The number of halogens is 4. The van der Waals surface area contributed by atoms with Crippen molar-refractivity contribution in [1.29, 1.82) is 0 Å². The minimum Gasteiger partial charge on any atom is -0.497 e. The highest BCUT2D eigenvalue weighted by atomic mass is 19.3. The number of ether oxygens (including phenoxy) is 4. The fraction of sp³-hybridized carbons (Fsp3) is 0.294. The van der Waals surface area contributed by atoms with Crippen LogP contribution in [-0.2, 0) is 0 Å². The van der Waals surface area contributed by atoms with E-state index in [-0.39, 0.29) is 5.56 Å². The highest BCUT2D eigenvalue weighted by Gasteiger charge is 2.19. The number of methoxy groups -OCH3 is 2. The van der Waals surface area contributed by atoms with Crippen molar-refractivity contribution in [3.8, 4) is 23.0 Å². The molecule has 26 heavy (non-hydrogen) atoms. The number of hydrogen-bond donors (Lipinski definition) is 1. The van der Waals surface area contributed by atoms with Crippen molar-refractivity contribution in [2.24, 2.45) is 0 Å². The maximum Gasteiger partial charge on any atom is 0.387 e. The molecule has 0 amide bonds. The van der Waals surface area contributed by atoms with Crippen LogP contribution >= 0.6 is 0 Å². The Morgan fingerprint density at radius 1 is 0.731 bits per heavy atom. The molecule has 0 aliphatic carbocycles. The van der Waals surface area contributed by atoms with Crippen molar-refractivity contribution in [1.82, 2.24) is 0 Å². The van der Waals surface area contributed by atoms with Crippen molar-refractivity contribution in [3.63, 3.8) is 0 Å². The van der Waals surface area contributed by atoms with Crippen LogP contribution in [0.2, 0.25) is 0 Å². The van der Waals surface area contributed by atoms with Gasteiger partial charge in [0.1, 0.15) is 17.6 Å². The predicted octanol–water partition coefficient (Wildman–Crippen LogP) is 3.99. The third-order valence-corrected chi connectivity index (χ3v) is 3.41. The summed E-state index contributed by atoms with van der Waals surface area (Å²) in [6, 6.07) is 7.89. The molecule has 0 spiro atoms. The maximum absolute atomic E-state index is 12.5. The zero-order valence-corrected chi connectivity index (χ0v) is 13.8. The lowest BCUT2D eigenvalue weighted by Gasteiger charge is -2.17. The van der Waals surface area contributed by atoms with E-state index in [4.69, 9.17) is 9.47 Å². The van der Waals surface area contributed by atoms with Gasteiger partial charge in [0.25, 0.3) is 0 Å². The van der Waals surface area contributed by atoms with Gasteiger partial charge in [-0.1, -0.05) is 6.07 Å². The molecule has 0 fully saturated rings. The van der Waals surface area contributed by atoms with Gasteiger partial charge in [0.15, 0.2) is 11.5 Å². The van der Waals surface area contributed by atoms with E-state index < -0.39 is 30.8 Å². The monoisotopic (exact) mass is 376 g/mol. The first-order chi connectivity index (χ1) is 12.3. The molecule has 1 N–H and O–H groups in total. The highest BCUT2D eigenvalue weighted by molar-refractivity contribution is 5.47. The van der Waals surface area contributed by atoms with Crippen LogP contribution < -0.4 is 18.9 Å². The largest absolute Gasteiger partial charge is 0.497 e. The van der Waals surface area contributed by atoms with E-state index in [0.29, 0.717) is 17.1 Å². The number of benzene rings is 2. The van der Waals surface area contributed by atoms with Crippen LogP contribution in [0.3, 0.4) is 0 Å². The van der Waals surface area contributed by atoms with Crippen molar-refractivity contribution in [3.05, 3.63) is 47.5 Å². The highest BCUT2D eigenvalue weighted by Crippen LogP contribution is 2.36. The van der Waals surface area contributed by atoms with Crippen LogP contribution in [0.1, 0.15) is 17.2 Å². The molecule has 0 radical (unpaired) electrons. The Balaban J connectivity index is 2.40. The molecule has 0 saturated carbocycles. The van der Waals surface area contributed by atoms with E-state index in [1.807, 2.05) is 0 Å². The van der Waals surface area contributed by atoms with Crippen LogP contribution in [0.25, 0.3) is 0 Å². The molecule has 9 heteroatoms. The summed E-state index contributed by atoms with van der Waals surface area (Å²) in [5.41, 5.74) is 0.462. The average Bonchev–Trinajstić information content (AvgIpc) is 2.61. The first-order valence-corrected chi connectivity index (χ1v) is 7.28. The lowest BCUT2D eigenvalue weighted by Crippen LogP contribution is -2.09. The molecular formula is C17H16F4O5. The Morgan fingerprint density at radius 3 is 1.77 bits per heavy atom. The topological polar surface area (TPSA) is 57.2 Å². The summed E-state index contributed by atoms with van der Waals surface area (Å²) in [5, 5.41) is 10.5. The first-order valence-electron chi connectivity index (χ1n) is 7.28. The second kappa shape index (κ2) is 8.61. The summed E-state index contributed by atoms with van der Waals surface area (Å²) in [6.45, 7) is -6.47. The Morgan fingerprint density at radius 2 is 1.27 bits per heavy atom. The summed E-state index contributed by atoms with van der Waals surface area (Å²) >= 11 is 0. The van der Waals surface area contributed by atoms with Gasteiger partial charge in [0.2, 0.25) is 0 Å². The number of alkyl halides is 4. The molecular weight excluding hydrogens is 360 g/mol. The second-order valence-electron chi connectivity index (χ2n) is 5.01. The fourth-order valence-electron chi connectivity index (χ4n) is 2.26. The first kappa shape index (κ1) is 19.6. The Bertz CT molecular complexity index is 717. The van der Waals surface area contributed by atoms with Gasteiger partial charge in [0, 0.05) is 6.07 Å². The molecule has 0 aliphatic heterocycles. The number of hydrogen-bond acceptors (Lipinski definition) is 5. The summed E-state index contributed by atoms with van der Waals surface area (Å²) in [6.07, 6.45) is -1.28. The van der Waals surface area contributed by atoms with E-state index in [1.165, 1.54) is 32.4 Å². The molecule has 0 heterocycles. The average molecular weight is 376 g/mol. The molecule has 1 atom stereocenters. The van der Waals surface area contributed by atoms with E-state index in [2.05, 4.69) is 9.47 Å². The van der Waals surface area contributed by atoms with Gasteiger partial charge in [-0.2, -0.15) is 17.6 Å². The molecule has 2 aromatic carbocycles. The number of aliphatic hydroxyl groups excluding tert-OH is 1. The molecule has 2 aromatic rings. The van der Waals surface area contributed by atoms with Crippen LogP contribution in [0.5, 0.6) is 23.0 Å². The molecule has 0 aliphatic rings. The van der Waals surface area contributed by atoms with E-state index >= 15 is 0 Å². The van der Waals surface area contributed by atoms with Crippen LogP contribution in [0.4, 0.5) is 17.6 Å². The van der Waals surface area contributed by atoms with Gasteiger partial charge in [-0.05, 0) is 35.4 Å². The minimum absolute atomic E-state index is 0.123. The fourth-order valence-corrected chi connectivity index (χ4v) is 2.26. The summed E-state index contributed by atoms with van der Waals surface area (Å²) in [7, 11) is 2.85. The van der Waals surface area contributed by atoms with Crippen molar-refractivity contribution >= 4 is 0 Å². The van der Waals surface area contributed by atoms with E-state index in [9.17, 15) is 22.7 Å². The normalized spacial score (nSPS) is 12.2.